The molecule has 17 heavy (non-hydrogen) atoms. The molecule has 1 aliphatic rings. The fraction of sp³-hybridized carbons (Fsp3) is 0.417. The Kier molecular flexibility index (Phi) is 4.23. The van der Waals surface area contributed by atoms with Crippen LogP contribution in [-0.2, 0) is 0 Å². The lowest BCUT2D eigenvalue weighted by molar-refractivity contribution is 0.215. The molecule has 1 aromatic rings. The maximum Gasteiger partial charge on any atom is 0.321 e. The van der Waals surface area contributed by atoms with Crippen LogP contribution in [0.5, 0.6) is 0 Å². The highest BCUT2D eigenvalue weighted by Crippen LogP contribution is 2.15. The Hall–Kier alpha value is -1.26. The van der Waals surface area contributed by atoms with Crippen molar-refractivity contribution in [1.29, 1.82) is 0 Å². The van der Waals surface area contributed by atoms with Crippen LogP contribution in [0.25, 0.3) is 0 Å². The van der Waals surface area contributed by atoms with Crippen molar-refractivity contribution in [1.82, 2.24) is 10.2 Å². The molecule has 1 heterocycles. The average Bonchev–Trinajstić information content (AvgIpc) is 2.57. The van der Waals surface area contributed by atoms with Crippen LogP contribution in [0, 0.1) is 0 Å². The number of nitrogens with one attached hydrogen (secondary N) is 2. The number of urea groups is 1. The third-order valence-corrected chi connectivity index (χ3v) is 2.94. The van der Waals surface area contributed by atoms with E-state index in [2.05, 4.69) is 10.6 Å². The van der Waals surface area contributed by atoms with Crippen molar-refractivity contribution >= 4 is 23.3 Å². The molecule has 4 nitrogen and oxygen atoms in total. The quantitative estimate of drug-likeness (QED) is 0.806. The van der Waals surface area contributed by atoms with Crippen molar-refractivity contribution in [2.45, 2.75) is 6.42 Å². The Morgan fingerprint density at radius 2 is 2.24 bits per heavy atom. The van der Waals surface area contributed by atoms with Gasteiger partial charge in [0, 0.05) is 30.3 Å². The summed E-state index contributed by atoms with van der Waals surface area (Å²) in [7, 11) is 0. The third-order valence-electron chi connectivity index (χ3n) is 2.70. The molecule has 1 fully saturated rings. The molecule has 0 atom stereocenters. The van der Waals surface area contributed by atoms with Crippen molar-refractivity contribution < 1.29 is 4.79 Å². The van der Waals surface area contributed by atoms with Gasteiger partial charge in [-0.25, -0.2) is 4.79 Å². The van der Waals surface area contributed by atoms with Gasteiger partial charge in [0.05, 0.1) is 0 Å². The minimum atomic E-state index is -0.0593. The Balaban J connectivity index is 1.95. The lowest BCUT2D eigenvalue weighted by Crippen LogP contribution is -2.37. The largest absolute Gasteiger partial charge is 0.323 e. The van der Waals surface area contributed by atoms with Crippen molar-refractivity contribution in [2.24, 2.45) is 0 Å². The number of anilines is 1. The van der Waals surface area contributed by atoms with Crippen LogP contribution in [0.2, 0.25) is 5.02 Å². The normalized spacial score (nSPS) is 16.4. The summed E-state index contributed by atoms with van der Waals surface area (Å²) in [4.78, 5) is 13.8. The highest BCUT2D eigenvalue weighted by molar-refractivity contribution is 6.30. The summed E-state index contributed by atoms with van der Waals surface area (Å²) < 4.78 is 0. The first-order valence-electron chi connectivity index (χ1n) is 5.78. The highest BCUT2D eigenvalue weighted by Gasteiger charge is 2.14. The summed E-state index contributed by atoms with van der Waals surface area (Å²) >= 11 is 5.87. The van der Waals surface area contributed by atoms with E-state index in [1.165, 1.54) is 0 Å². The van der Waals surface area contributed by atoms with Gasteiger partial charge < -0.3 is 15.5 Å². The van der Waals surface area contributed by atoms with Gasteiger partial charge in [-0.1, -0.05) is 17.7 Å². The monoisotopic (exact) mass is 253 g/mol. The fourth-order valence-electron chi connectivity index (χ4n) is 1.82. The van der Waals surface area contributed by atoms with E-state index in [9.17, 15) is 4.79 Å². The maximum absolute atomic E-state index is 12.0. The molecule has 2 amide bonds. The zero-order chi connectivity index (χ0) is 12.1. The summed E-state index contributed by atoms with van der Waals surface area (Å²) in [5.41, 5.74) is 0.736. The van der Waals surface area contributed by atoms with E-state index in [0.717, 1.165) is 38.3 Å². The first-order chi connectivity index (χ1) is 8.25. The topological polar surface area (TPSA) is 44.4 Å². The molecule has 0 spiro atoms. The van der Waals surface area contributed by atoms with E-state index >= 15 is 0 Å². The molecule has 1 saturated heterocycles. The van der Waals surface area contributed by atoms with Gasteiger partial charge in [0.25, 0.3) is 0 Å². The Morgan fingerprint density at radius 1 is 1.35 bits per heavy atom. The van der Waals surface area contributed by atoms with E-state index < -0.39 is 0 Å². The fourth-order valence-corrected chi connectivity index (χ4v) is 2.01. The number of carbonyl (C=O) groups is 1. The number of halogens is 1. The molecule has 0 radical (unpaired) electrons. The summed E-state index contributed by atoms with van der Waals surface area (Å²) in [5.74, 6) is 0. The van der Waals surface area contributed by atoms with Crippen LogP contribution in [0.3, 0.4) is 0 Å². The summed E-state index contributed by atoms with van der Waals surface area (Å²) in [6.07, 6.45) is 0.989. The molecule has 1 aromatic carbocycles. The first-order valence-corrected chi connectivity index (χ1v) is 6.16. The molecule has 1 aliphatic heterocycles. The summed E-state index contributed by atoms with van der Waals surface area (Å²) in [6.45, 7) is 3.36. The standard InChI is InChI=1S/C12H16ClN3O/c13-10-3-1-4-11(9-10)15-12(17)16-7-2-5-14-6-8-16/h1,3-4,9,14H,2,5-8H2,(H,15,17). The zero-order valence-electron chi connectivity index (χ0n) is 9.58. The van der Waals surface area contributed by atoms with Crippen LogP contribution in [-0.4, -0.2) is 37.1 Å². The molecule has 0 saturated carbocycles. The minimum Gasteiger partial charge on any atom is -0.323 e. The molecule has 2 N–H and O–H groups in total. The molecule has 2 rings (SSSR count). The zero-order valence-corrected chi connectivity index (χ0v) is 10.3. The van der Waals surface area contributed by atoms with Crippen LogP contribution in [0.15, 0.2) is 24.3 Å². The highest BCUT2D eigenvalue weighted by atomic mass is 35.5. The number of amides is 2. The predicted octanol–water partition coefficient (Wildman–Crippen LogP) is 2.17. The number of nitrogens with zero attached hydrogens (tertiary/aromatic N) is 1. The number of hydrogen-bond donors (Lipinski definition) is 2. The van der Waals surface area contributed by atoms with Gasteiger partial charge in [-0.05, 0) is 31.2 Å². The molecular formula is C12H16ClN3O. The van der Waals surface area contributed by atoms with Crippen molar-refractivity contribution in [2.75, 3.05) is 31.5 Å². The molecule has 92 valence electrons. The van der Waals surface area contributed by atoms with Gasteiger partial charge in [0.15, 0.2) is 0 Å². The van der Waals surface area contributed by atoms with Gasteiger partial charge in [-0.2, -0.15) is 0 Å². The summed E-state index contributed by atoms with van der Waals surface area (Å²) in [5, 5.41) is 6.74. The van der Waals surface area contributed by atoms with Crippen LogP contribution in [0.4, 0.5) is 10.5 Å². The predicted molar refractivity (Wildman–Crippen MR) is 69.5 cm³/mol. The van der Waals surface area contributed by atoms with Crippen LogP contribution in [0.1, 0.15) is 6.42 Å². The van der Waals surface area contributed by atoms with E-state index in [4.69, 9.17) is 11.6 Å². The van der Waals surface area contributed by atoms with Gasteiger partial charge in [-0.3, -0.25) is 0 Å². The van der Waals surface area contributed by atoms with E-state index in [-0.39, 0.29) is 6.03 Å². The van der Waals surface area contributed by atoms with Crippen molar-refractivity contribution in [3.8, 4) is 0 Å². The van der Waals surface area contributed by atoms with Gasteiger partial charge in [0.1, 0.15) is 0 Å². The molecule has 0 bridgehead atoms. The second-order valence-corrected chi connectivity index (χ2v) is 4.47. The van der Waals surface area contributed by atoms with E-state index in [1.54, 1.807) is 12.1 Å². The number of benzene rings is 1. The molecule has 0 unspecified atom stereocenters. The second kappa shape index (κ2) is 5.89. The van der Waals surface area contributed by atoms with Crippen molar-refractivity contribution in [3.63, 3.8) is 0 Å². The molecular weight excluding hydrogens is 238 g/mol. The Morgan fingerprint density at radius 3 is 3.06 bits per heavy atom. The average molecular weight is 254 g/mol. The van der Waals surface area contributed by atoms with Crippen molar-refractivity contribution in [3.05, 3.63) is 29.3 Å². The number of rotatable bonds is 1. The number of carbonyl (C=O) groups excluding carboxylic acids is 1. The van der Waals surface area contributed by atoms with Gasteiger partial charge in [0.2, 0.25) is 0 Å². The molecule has 5 heteroatoms. The smallest absolute Gasteiger partial charge is 0.321 e. The van der Waals surface area contributed by atoms with Gasteiger partial charge in [-0.15, -0.1) is 0 Å². The lowest BCUT2D eigenvalue weighted by Gasteiger charge is -2.20. The minimum absolute atomic E-state index is 0.0593. The van der Waals surface area contributed by atoms with E-state index in [1.807, 2.05) is 17.0 Å². The Bertz CT molecular complexity index is 389. The molecule has 0 aromatic heterocycles. The SMILES string of the molecule is O=C(Nc1cccc(Cl)c1)N1CCCNCC1. The van der Waals surface area contributed by atoms with E-state index in [0.29, 0.717) is 5.02 Å². The maximum atomic E-state index is 12.0. The summed E-state index contributed by atoms with van der Waals surface area (Å²) in [6, 6.07) is 7.13. The van der Waals surface area contributed by atoms with Gasteiger partial charge >= 0.3 is 6.03 Å². The Labute approximate surface area is 106 Å². The number of hydrogen-bond acceptors (Lipinski definition) is 2. The second-order valence-electron chi connectivity index (χ2n) is 4.03. The van der Waals surface area contributed by atoms with Crippen LogP contribution >= 0.6 is 11.6 Å². The first kappa shape index (κ1) is 12.2. The van der Waals surface area contributed by atoms with Crippen LogP contribution < -0.4 is 10.6 Å². The lowest BCUT2D eigenvalue weighted by atomic mass is 10.3. The third kappa shape index (κ3) is 3.61. The molecule has 0 aliphatic carbocycles.